The maximum atomic E-state index is 13.1. The summed E-state index contributed by atoms with van der Waals surface area (Å²) in [4.78, 5) is 7.20. The summed E-state index contributed by atoms with van der Waals surface area (Å²) in [6, 6.07) is 4.65. The molecule has 0 atom stereocenters. The average molecular weight is 421 g/mol. The van der Waals surface area contributed by atoms with E-state index in [1.165, 1.54) is 44.5 Å². The number of nitrogens with one attached hydrogen (secondary N) is 2. The molecule has 1 aliphatic rings. The van der Waals surface area contributed by atoms with Gasteiger partial charge in [0.25, 0.3) is 0 Å². The molecule has 11 heteroatoms. The van der Waals surface area contributed by atoms with E-state index in [0.29, 0.717) is 18.0 Å². The molecule has 0 amide bonds. The zero-order valence-electron chi connectivity index (χ0n) is 15.1. The van der Waals surface area contributed by atoms with Crippen LogP contribution in [-0.2, 0) is 6.18 Å². The number of hydrogen-bond donors (Lipinski definition) is 2. The first-order valence-corrected chi connectivity index (χ1v) is 9.32. The fourth-order valence-electron chi connectivity index (χ4n) is 2.33. The first-order valence-electron chi connectivity index (χ1n) is 8.50. The minimum absolute atomic E-state index is 0.0658. The molecule has 154 valence electrons. The summed E-state index contributed by atoms with van der Waals surface area (Å²) >= 11 is 0.702. The van der Waals surface area contributed by atoms with Gasteiger partial charge in [-0.05, 0) is 44.1 Å². The predicted octanol–water partition coefficient (Wildman–Crippen LogP) is 4.83. The SMILES string of the molecule is C1CCNCC1.CN(F)c1cnc(SNc2cccc(F)n2)cc1C(F)(F)F. The number of halogens is 5. The maximum Gasteiger partial charge on any atom is 0.418 e. The van der Waals surface area contributed by atoms with Gasteiger partial charge in [-0.2, -0.15) is 17.6 Å². The molecular formula is C17H20F5N5S. The lowest BCUT2D eigenvalue weighted by atomic mass is 10.2. The van der Waals surface area contributed by atoms with Gasteiger partial charge in [-0.1, -0.05) is 12.5 Å². The van der Waals surface area contributed by atoms with Gasteiger partial charge in [0.2, 0.25) is 5.95 Å². The summed E-state index contributed by atoms with van der Waals surface area (Å²) in [5.74, 6) is -0.615. The molecule has 3 rings (SSSR count). The standard InChI is InChI=1S/C12H9F5N4S.C5H11N/c1-21(17)8-6-18-11(5-7(8)12(14,15)16)22-20-10-4-2-3-9(13)19-10;1-2-4-6-5-3-1/h2-6H,1H3,(H,19,20);6H,1-5H2. The van der Waals surface area contributed by atoms with Gasteiger partial charge in [0.1, 0.15) is 10.8 Å². The minimum atomic E-state index is -4.73. The molecule has 0 spiro atoms. The summed E-state index contributed by atoms with van der Waals surface area (Å²) in [5.41, 5.74) is -1.86. The lowest BCUT2D eigenvalue weighted by molar-refractivity contribution is -0.137. The second-order valence-corrected chi connectivity index (χ2v) is 6.70. The quantitative estimate of drug-likeness (QED) is 0.319. The topological polar surface area (TPSA) is 53.1 Å². The third kappa shape index (κ3) is 7.12. The van der Waals surface area contributed by atoms with Crippen molar-refractivity contribution in [3.8, 4) is 0 Å². The average Bonchev–Trinajstić information content (AvgIpc) is 2.67. The number of alkyl halides is 3. The highest BCUT2D eigenvalue weighted by atomic mass is 32.2. The van der Waals surface area contributed by atoms with Crippen LogP contribution >= 0.6 is 11.9 Å². The largest absolute Gasteiger partial charge is 0.418 e. The van der Waals surface area contributed by atoms with Crippen molar-refractivity contribution in [2.45, 2.75) is 30.5 Å². The fourth-order valence-corrected chi connectivity index (χ4v) is 2.93. The molecule has 0 radical (unpaired) electrons. The number of anilines is 2. The van der Waals surface area contributed by atoms with Crippen molar-refractivity contribution in [1.82, 2.24) is 15.3 Å². The molecule has 2 aromatic heterocycles. The van der Waals surface area contributed by atoms with Crippen molar-refractivity contribution >= 4 is 23.5 Å². The number of pyridine rings is 2. The third-order valence-electron chi connectivity index (χ3n) is 3.68. The van der Waals surface area contributed by atoms with E-state index < -0.39 is 23.4 Å². The first kappa shape index (κ1) is 22.2. The Hall–Kier alpha value is -2.14. The molecule has 28 heavy (non-hydrogen) atoms. The molecule has 0 aromatic carbocycles. The number of rotatable bonds is 4. The molecule has 1 aliphatic heterocycles. The summed E-state index contributed by atoms with van der Waals surface area (Å²) in [5, 5.41) is 3.06. The molecule has 1 fully saturated rings. The van der Waals surface area contributed by atoms with Crippen LogP contribution in [0.4, 0.5) is 33.5 Å². The molecule has 0 unspecified atom stereocenters. The van der Waals surface area contributed by atoms with Crippen LogP contribution in [0.3, 0.4) is 0 Å². The van der Waals surface area contributed by atoms with Crippen LogP contribution in [0, 0.1) is 5.95 Å². The second-order valence-electron chi connectivity index (χ2n) is 5.87. The molecule has 0 aliphatic carbocycles. The van der Waals surface area contributed by atoms with Gasteiger partial charge in [0.15, 0.2) is 0 Å². The smallest absolute Gasteiger partial charge is 0.317 e. The molecule has 1 saturated heterocycles. The first-order chi connectivity index (χ1) is 13.3. The summed E-state index contributed by atoms with van der Waals surface area (Å²) in [6.45, 7) is 2.50. The van der Waals surface area contributed by atoms with Crippen LogP contribution in [0.15, 0.2) is 35.5 Å². The van der Waals surface area contributed by atoms with E-state index in [-0.39, 0.29) is 16.0 Å². The fraction of sp³-hybridized carbons (Fsp3) is 0.412. The maximum absolute atomic E-state index is 13.1. The Labute approximate surface area is 163 Å². The Morgan fingerprint density at radius 3 is 2.39 bits per heavy atom. The van der Waals surface area contributed by atoms with Gasteiger partial charge in [-0.15, -0.1) is 4.48 Å². The Balaban J connectivity index is 0.000000397. The van der Waals surface area contributed by atoms with E-state index in [1.807, 2.05) is 0 Å². The Morgan fingerprint density at radius 1 is 1.18 bits per heavy atom. The molecule has 3 heterocycles. The van der Waals surface area contributed by atoms with E-state index >= 15 is 0 Å². The highest BCUT2D eigenvalue weighted by molar-refractivity contribution is 8.00. The summed E-state index contributed by atoms with van der Waals surface area (Å²) in [6.07, 6.45) is 0.254. The summed E-state index contributed by atoms with van der Waals surface area (Å²) < 4.78 is 67.2. The summed E-state index contributed by atoms with van der Waals surface area (Å²) in [7, 11) is 0.841. The molecule has 5 nitrogen and oxygen atoms in total. The Kier molecular flexibility index (Phi) is 8.24. The van der Waals surface area contributed by atoms with Crippen LogP contribution in [-0.4, -0.2) is 30.1 Å². The third-order valence-corrected chi connectivity index (χ3v) is 4.42. The minimum Gasteiger partial charge on any atom is -0.317 e. The van der Waals surface area contributed by atoms with Gasteiger partial charge in [-0.25, -0.2) is 15.1 Å². The number of hydrogen-bond acceptors (Lipinski definition) is 6. The van der Waals surface area contributed by atoms with E-state index in [9.17, 15) is 22.0 Å². The van der Waals surface area contributed by atoms with Gasteiger partial charge >= 0.3 is 6.18 Å². The normalized spacial score (nSPS) is 14.1. The van der Waals surface area contributed by atoms with Gasteiger partial charge in [0, 0.05) is 19.0 Å². The van der Waals surface area contributed by atoms with Crippen molar-refractivity contribution in [3.05, 3.63) is 42.0 Å². The second kappa shape index (κ2) is 10.4. The molecular weight excluding hydrogens is 401 g/mol. The lowest BCUT2D eigenvalue weighted by Crippen LogP contribution is -2.21. The van der Waals surface area contributed by atoms with Crippen molar-refractivity contribution in [1.29, 1.82) is 0 Å². The van der Waals surface area contributed by atoms with Crippen LogP contribution in [0.25, 0.3) is 0 Å². The highest BCUT2D eigenvalue weighted by Gasteiger charge is 2.35. The Bertz CT molecular complexity index is 741. The van der Waals surface area contributed by atoms with Crippen molar-refractivity contribution in [2.24, 2.45) is 0 Å². The predicted molar refractivity (Wildman–Crippen MR) is 99.1 cm³/mol. The Morgan fingerprint density at radius 2 is 1.89 bits per heavy atom. The van der Waals surface area contributed by atoms with Gasteiger partial charge in [0.05, 0.1) is 17.4 Å². The van der Waals surface area contributed by atoms with Crippen LogP contribution in [0.2, 0.25) is 0 Å². The van der Waals surface area contributed by atoms with Crippen molar-refractivity contribution in [3.63, 3.8) is 0 Å². The number of nitrogens with zero attached hydrogens (tertiary/aromatic N) is 3. The number of aromatic nitrogens is 2. The van der Waals surface area contributed by atoms with E-state index in [1.54, 1.807) is 0 Å². The number of piperidine rings is 1. The molecule has 2 N–H and O–H groups in total. The van der Waals surface area contributed by atoms with Crippen molar-refractivity contribution < 1.29 is 22.0 Å². The van der Waals surface area contributed by atoms with E-state index in [0.717, 1.165) is 19.3 Å². The van der Waals surface area contributed by atoms with Crippen LogP contribution in [0.5, 0.6) is 0 Å². The zero-order valence-corrected chi connectivity index (χ0v) is 15.9. The highest BCUT2D eigenvalue weighted by Crippen LogP contribution is 2.37. The van der Waals surface area contributed by atoms with Crippen LogP contribution < -0.4 is 15.2 Å². The van der Waals surface area contributed by atoms with E-state index in [2.05, 4.69) is 20.0 Å². The van der Waals surface area contributed by atoms with E-state index in [4.69, 9.17) is 0 Å². The van der Waals surface area contributed by atoms with Gasteiger partial charge < -0.3 is 10.0 Å². The molecule has 0 bridgehead atoms. The molecule has 0 saturated carbocycles. The van der Waals surface area contributed by atoms with Gasteiger partial charge in [-0.3, -0.25) is 0 Å². The zero-order chi connectivity index (χ0) is 20.6. The van der Waals surface area contributed by atoms with Crippen LogP contribution in [0.1, 0.15) is 24.8 Å². The lowest BCUT2D eigenvalue weighted by Gasteiger charge is -2.16. The van der Waals surface area contributed by atoms with Crippen molar-refractivity contribution in [2.75, 3.05) is 30.0 Å². The monoisotopic (exact) mass is 421 g/mol. The molecule has 2 aromatic rings.